The second kappa shape index (κ2) is 8.46. The van der Waals surface area contributed by atoms with Crippen LogP contribution in [0.5, 0.6) is 0 Å². The molecular formula is C21H27N5O3S2. The molecule has 2 saturated heterocycles. The molecule has 10 heteroatoms. The van der Waals surface area contributed by atoms with Crippen LogP contribution in [-0.4, -0.2) is 65.5 Å². The number of rotatable bonds is 7. The second-order valence-electron chi connectivity index (χ2n) is 8.52. The van der Waals surface area contributed by atoms with E-state index < -0.39 is 9.84 Å². The summed E-state index contributed by atoms with van der Waals surface area (Å²) in [5.41, 5.74) is 0.747. The van der Waals surface area contributed by atoms with E-state index in [1.165, 1.54) is 24.6 Å². The predicted octanol–water partition coefficient (Wildman–Crippen LogP) is 2.53. The molecule has 0 N–H and O–H groups in total. The molecule has 31 heavy (non-hydrogen) atoms. The number of benzene rings is 1. The number of hydrogen-bond donors (Lipinski definition) is 0. The fourth-order valence-corrected chi connectivity index (χ4v) is 7.03. The third-order valence-corrected chi connectivity index (χ3v) is 8.83. The van der Waals surface area contributed by atoms with Gasteiger partial charge in [-0.3, -0.25) is 9.36 Å². The van der Waals surface area contributed by atoms with Gasteiger partial charge in [0.25, 0.3) is 0 Å². The van der Waals surface area contributed by atoms with Gasteiger partial charge in [0.1, 0.15) is 0 Å². The van der Waals surface area contributed by atoms with E-state index in [4.69, 9.17) is 0 Å². The number of hydrogen-bond acceptors (Lipinski definition) is 7. The Morgan fingerprint density at radius 3 is 2.48 bits per heavy atom. The van der Waals surface area contributed by atoms with E-state index in [0.717, 1.165) is 42.7 Å². The fraction of sp³-hybridized carbons (Fsp3) is 0.571. The Morgan fingerprint density at radius 2 is 1.84 bits per heavy atom. The van der Waals surface area contributed by atoms with Gasteiger partial charge in [0.05, 0.1) is 23.3 Å². The van der Waals surface area contributed by atoms with Gasteiger partial charge in [-0.1, -0.05) is 30.0 Å². The quantitative estimate of drug-likeness (QED) is 0.586. The van der Waals surface area contributed by atoms with Crippen LogP contribution in [-0.2, 0) is 14.6 Å². The molecule has 166 valence electrons. The molecule has 3 aliphatic rings. The summed E-state index contributed by atoms with van der Waals surface area (Å²) in [7, 11) is -3.10. The van der Waals surface area contributed by atoms with Crippen LogP contribution in [0.4, 0.5) is 11.6 Å². The number of thioether (sulfide) groups is 1. The molecule has 1 unspecified atom stereocenters. The first kappa shape index (κ1) is 20.8. The summed E-state index contributed by atoms with van der Waals surface area (Å²) in [6.45, 7) is 2.01. The summed E-state index contributed by atoms with van der Waals surface area (Å²) in [6.07, 6.45) is 5.07. The molecule has 1 aromatic heterocycles. The first-order chi connectivity index (χ1) is 15.0. The lowest BCUT2D eigenvalue weighted by molar-refractivity contribution is -0.116. The summed E-state index contributed by atoms with van der Waals surface area (Å²) < 4.78 is 26.3. The average molecular weight is 462 g/mol. The Bertz CT molecular complexity index is 1050. The van der Waals surface area contributed by atoms with Crippen LogP contribution in [0, 0.1) is 0 Å². The molecule has 3 heterocycles. The molecule has 0 radical (unpaired) electrons. The van der Waals surface area contributed by atoms with Gasteiger partial charge >= 0.3 is 0 Å². The first-order valence-corrected chi connectivity index (χ1v) is 13.7. The van der Waals surface area contributed by atoms with Crippen molar-refractivity contribution in [3.63, 3.8) is 0 Å². The van der Waals surface area contributed by atoms with Gasteiger partial charge in [-0.05, 0) is 44.2 Å². The number of para-hydroxylation sites is 1. The lowest BCUT2D eigenvalue weighted by Gasteiger charge is -2.28. The van der Waals surface area contributed by atoms with Crippen LogP contribution in [0.1, 0.15) is 38.1 Å². The molecule has 1 atom stereocenters. The molecule has 1 aliphatic carbocycles. The van der Waals surface area contributed by atoms with E-state index in [9.17, 15) is 13.2 Å². The number of amides is 1. The topological polar surface area (TPSA) is 88.4 Å². The number of anilines is 2. The highest BCUT2D eigenvalue weighted by Crippen LogP contribution is 2.41. The molecule has 5 rings (SSSR count). The molecule has 0 bridgehead atoms. The molecule has 2 aromatic rings. The first-order valence-electron chi connectivity index (χ1n) is 10.9. The van der Waals surface area contributed by atoms with E-state index in [1.54, 1.807) is 4.90 Å². The molecule has 0 spiro atoms. The summed E-state index contributed by atoms with van der Waals surface area (Å²) >= 11 is 1.41. The van der Waals surface area contributed by atoms with Crippen molar-refractivity contribution in [2.45, 2.75) is 49.3 Å². The Morgan fingerprint density at radius 1 is 1.10 bits per heavy atom. The summed E-state index contributed by atoms with van der Waals surface area (Å²) in [6, 6.07) is 9.48. The van der Waals surface area contributed by atoms with Crippen LogP contribution in [0.3, 0.4) is 0 Å². The Balaban J connectivity index is 1.35. The zero-order chi connectivity index (χ0) is 21.4. The largest absolute Gasteiger partial charge is 0.341 e. The van der Waals surface area contributed by atoms with Crippen molar-refractivity contribution in [3.05, 3.63) is 30.3 Å². The second-order valence-corrected chi connectivity index (χ2v) is 11.7. The lowest BCUT2D eigenvalue weighted by atomic mass is 10.2. The van der Waals surface area contributed by atoms with E-state index in [0.29, 0.717) is 12.5 Å². The monoisotopic (exact) mass is 461 g/mol. The molecule has 3 fully saturated rings. The summed E-state index contributed by atoms with van der Waals surface area (Å²) in [5.74, 6) is 1.20. The van der Waals surface area contributed by atoms with Crippen molar-refractivity contribution in [3.8, 4) is 0 Å². The zero-order valence-electron chi connectivity index (χ0n) is 17.4. The smallest absolute Gasteiger partial charge is 0.237 e. The third kappa shape index (κ3) is 4.45. The lowest BCUT2D eigenvalue weighted by Crippen LogP contribution is -2.42. The summed E-state index contributed by atoms with van der Waals surface area (Å²) in [5, 5.41) is 9.65. The van der Waals surface area contributed by atoms with Crippen molar-refractivity contribution in [1.29, 1.82) is 0 Å². The van der Waals surface area contributed by atoms with Crippen LogP contribution in [0.2, 0.25) is 0 Å². The highest BCUT2D eigenvalue weighted by Gasteiger charge is 2.36. The van der Waals surface area contributed by atoms with Crippen LogP contribution >= 0.6 is 11.8 Å². The normalized spacial score (nSPS) is 22.7. The number of carbonyl (C=O) groups is 1. The number of sulfone groups is 1. The SMILES string of the molecule is O=C(CSc1nnc(N2CCCC2)n1C1CC1)N(c1ccccc1)C1CCS(=O)(=O)C1. The van der Waals surface area contributed by atoms with Crippen molar-refractivity contribution in [2.24, 2.45) is 0 Å². The van der Waals surface area contributed by atoms with Crippen LogP contribution in [0.25, 0.3) is 0 Å². The van der Waals surface area contributed by atoms with Crippen molar-refractivity contribution in [1.82, 2.24) is 14.8 Å². The van der Waals surface area contributed by atoms with Gasteiger partial charge in [0.15, 0.2) is 15.0 Å². The maximum absolute atomic E-state index is 13.3. The fourth-order valence-electron chi connectivity index (χ4n) is 4.47. The molecule has 1 amide bonds. The predicted molar refractivity (Wildman–Crippen MR) is 121 cm³/mol. The number of carbonyl (C=O) groups excluding carboxylic acids is 1. The maximum atomic E-state index is 13.3. The van der Waals surface area contributed by atoms with Crippen molar-refractivity contribution in [2.75, 3.05) is 40.1 Å². The Labute approximate surface area is 186 Å². The van der Waals surface area contributed by atoms with Gasteiger partial charge in [0.2, 0.25) is 11.9 Å². The van der Waals surface area contributed by atoms with Gasteiger partial charge in [-0.15, -0.1) is 10.2 Å². The van der Waals surface area contributed by atoms with Gasteiger partial charge in [0, 0.05) is 24.8 Å². The van der Waals surface area contributed by atoms with Crippen LogP contribution < -0.4 is 9.80 Å². The standard InChI is InChI=1S/C21H27N5O3S2/c27-19(25(16-6-2-1-3-7-16)18-10-13-31(28,29)15-18)14-30-21-23-22-20(24-11-4-5-12-24)26(21)17-8-9-17/h1-3,6-7,17-18H,4-5,8-15H2. The highest BCUT2D eigenvalue weighted by molar-refractivity contribution is 7.99. The third-order valence-electron chi connectivity index (χ3n) is 6.15. The van der Waals surface area contributed by atoms with Gasteiger partial charge < -0.3 is 9.80 Å². The molecule has 1 saturated carbocycles. The summed E-state index contributed by atoms with van der Waals surface area (Å²) in [4.78, 5) is 17.3. The molecule has 1 aromatic carbocycles. The van der Waals surface area contributed by atoms with Crippen molar-refractivity contribution >= 4 is 39.1 Å². The highest BCUT2D eigenvalue weighted by atomic mass is 32.2. The Kier molecular flexibility index (Phi) is 5.68. The average Bonchev–Trinajstić information content (AvgIpc) is 3.14. The van der Waals surface area contributed by atoms with Crippen molar-refractivity contribution < 1.29 is 13.2 Å². The maximum Gasteiger partial charge on any atom is 0.237 e. The van der Waals surface area contributed by atoms with Crippen LogP contribution in [0.15, 0.2) is 35.5 Å². The minimum absolute atomic E-state index is 0.0235. The van der Waals surface area contributed by atoms with Gasteiger partial charge in [-0.2, -0.15) is 0 Å². The minimum atomic E-state index is -3.10. The molecular weight excluding hydrogens is 434 g/mol. The van der Waals surface area contributed by atoms with E-state index >= 15 is 0 Å². The van der Waals surface area contributed by atoms with E-state index in [1.807, 2.05) is 30.3 Å². The van der Waals surface area contributed by atoms with E-state index in [-0.39, 0.29) is 29.2 Å². The Hall–Kier alpha value is -2.07. The van der Waals surface area contributed by atoms with Gasteiger partial charge in [-0.25, -0.2) is 8.42 Å². The number of aromatic nitrogens is 3. The van der Waals surface area contributed by atoms with E-state index in [2.05, 4.69) is 19.7 Å². The minimum Gasteiger partial charge on any atom is -0.341 e. The zero-order valence-corrected chi connectivity index (χ0v) is 19.0. The molecule has 2 aliphatic heterocycles. The number of nitrogens with zero attached hydrogens (tertiary/aromatic N) is 5. The molecule has 8 nitrogen and oxygen atoms in total.